The summed E-state index contributed by atoms with van der Waals surface area (Å²) in [5, 5.41) is 1.21. The van der Waals surface area contributed by atoms with Gasteiger partial charge in [0.15, 0.2) is 0 Å². The number of benzene rings is 2. The fourth-order valence-corrected chi connectivity index (χ4v) is 3.22. The van der Waals surface area contributed by atoms with Crippen molar-refractivity contribution in [1.82, 2.24) is 4.90 Å². The molecule has 2 aromatic carbocycles. The summed E-state index contributed by atoms with van der Waals surface area (Å²) in [5.41, 5.74) is 2.72. The molecule has 1 aliphatic rings. The van der Waals surface area contributed by atoms with Crippen molar-refractivity contribution in [1.29, 1.82) is 0 Å². The topological polar surface area (TPSA) is 20.3 Å². The Bertz CT molecular complexity index is 664. The predicted octanol–water partition coefficient (Wildman–Crippen LogP) is 4.58. The van der Waals surface area contributed by atoms with E-state index in [9.17, 15) is 4.79 Å². The van der Waals surface area contributed by atoms with E-state index in [1.54, 1.807) is 12.1 Å². The van der Waals surface area contributed by atoms with E-state index in [1.165, 1.54) is 0 Å². The highest BCUT2D eigenvalue weighted by Gasteiger charge is 2.23. The van der Waals surface area contributed by atoms with Gasteiger partial charge in [0.05, 0.1) is 0 Å². The zero-order chi connectivity index (χ0) is 14.8. The van der Waals surface area contributed by atoms with Gasteiger partial charge in [-0.3, -0.25) is 4.79 Å². The summed E-state index contributed by atoms with van der Waals surface area (Å²) in [7, 11) is 0. The van der Waals surface area contributed by atoms with Crippen molar-refractivity contribution in [2.75, 3.05) is 6.54 Å². The minimum absolute atomic E-state index is 0.0547. The van der Waals surface area contributed by atoms with Crippen LogP contribution in [0.3, 0.4) is 0 Å². The van der Waals surface area contributed by atoms with Crippen molar-refractivity contribution < 1.29 is 4.79 Å². The lowest BCUT2D eigenvalue weighted by molar-refractivity contribution is 0.0749. The minimum Gasteiger partial charge on any atom is -0.334 e. The Morgan fingerprint density at radius 3 is 2.48 bits per heavy atom. The second-order valence-corrected chi connectivity index (χ2v) is 6.00. The molecule has 2 aromatic rings. The zero-order valence-corrected chi connectivity index (χ0v) is 13.0. The summed E-state index contributed by atoms with van der Waals surface area (Å²) in [6.45, 7) is 1.17. The number of rotatable bonds is 2. The first-order valence-electron chi connectivity index (χ1n) is 6.97. The number of hydrogen-bond donors (Lipinski definition) is 0. The fraction of sp³-hybridized carbons (Fsp3) is 0.235. The number of nitrogens with zero attached hydrogens (tertiary/aromatic N) is 1. The second-order valence-electron chi connectivity index (χ2n) is 5.19. The maximum Gasteiger partial charge on any atom is 0.254 e. The van der Waals surface area contributed by atoms with Crippen LogP contribution >= 0.6 is 23.2 Å². The fourth-order valence-electron chi connectivity index (χ4n) is 2.70. The number of carbonyl (C=O) groups excluding carboxylic acids is 1. The molecule has 4 heteroatoms. The average molecular weight is 320 g/mol. The van der Waals surface area contributed by atoms with Crippen LogP contribution in [-0.4, -0.2) is 17.4 Å². The maximum absolute atomic E-state index is 12.7. The van der Waals surface area contributed by atoms with E-state index in [1.807, 2.05) is 35.2 Å². The van der Waals surface area contributed by atoms with Crippen LogP contribution in [0.25, 0.3) is 0 Å². The molecule has 21 heavy (non-hydrogen) atoms. The molecule has 1 aliphatic heterocycles. The molecule has 0 fully saturated rings. The van der Waals surface area contributed by atoms with Crippen molar-refractivity contribution >= 4 is 29.1 Å². The molecular formula is C17H15Cl2NO. The maximum atomic E-state index is 12.7. The first kappa shape index (κ1) is 14.4. The molecule has 0 bridgehead atoms. The van der Waals surface area contributed by atoms with E-state index >= 15 is 0 Å². The van der Waals surface area contributed by atoms with Crippen molar-refractivity contribution in [3.63, 3.8) is 0 Å². The number of hydrogen-bond acceptors (Lipinski definition) is 1. The molecule has 1 amide bonds. The molecule has 0 spiro atoms. The molecule has 0 atom stereocenters. The van der Waals surface area contributed by atoms with Crippen LogP contribution in [0.2, 0.25) is 10.0 Å². The third kappa shape index (κ3) is 2.92. The summed E-state index contributed by atoms with van der Waals surface area (Å²) in [6.07, 6.45) is 1.87. The molecular weight excluding hydrogens is 305 g/mol. The van der Waals surface area contributed by atoms with E-state index in [2.05, 4.69) is 0 Å². The number of halogens is 2. The molecule has 108 valence electrons. The van der Waals surface area contributed by atoms with Gasteiger partial charge in [0, 0.05) is 34.3 Å². The van der Waals surface area contributed by atoms with Gasteiger partial charge in [-0.15, -0.1) is 0 Å². The summed E-state index contributed by atoms with van der Waals surface area (Å²) >= 11 is 12.4. The predicted molar refractivity (Wildman–Crippen MR) is 86.0 cm³/mol. The van der Waals surface area contributed by atoms with E-state index in [0.29, 0.717) is 16.6 Å². The highest BCUT2D eigenvalue weighted by molar-refractivity contribution is 6.36. The quantitative estimate of drug-likeness (QED) is 0.793. The van der Waals surface area contributed by atoms with Gasteiger partial charge in [-0.05, 0) is 36.6 Å². The Morgan fingerprint density at radius 1 is 1.00 bits per heavy atom. The summed E-state index contributed by atoms with van der Waals surface area (Å²) in [5.74, 6) is 0.0547. The van der Waals surface area contributed by atoms with Crippen LogP contribution in [0.1, 0.15) is 27.9 Å². The van der Waals surface area contributed by atoms with Gasteiger partial charge in [-0.25, -0.2) is 0 Å². The Hall–Kier alpha value is -1.51. The van der Waals surface area contributed by atoms with Crippen molar-refractivity contribution in [3.8, 4) is 0 Å². The van der Waals surface area contributed by atoms with E-state index in [4.69, 9.17) is 23.2 Å². The molecule has 0 aromatic heterocycles. The van der Waals surface area contributed by atoms with Gasteiger partial charge in [-0.2, -0.15) is 0 Å². The van der Waals surface area contributed by atoms with Crippen LogP contribution in [0.5, 0.6) is 0 Å². The van der Waals surface area contributed by atoms with Gasteiger partial charge in [-0.1, -0.05) is 47.5 Å². The van der Waals surface area contributed by atoms with Gasteiger partial charge >= 0.3 is 0 Å². The van der Waals surface area contributed by atoms with Gasteiger partial charge < -0.3 is 4.90 Å². The molecule has 1 heterocycles. The first-order valence-corrected chi connectivity index (χ1v) is 7.72. The highest BCUT2D eigenvalue weighted by atomic mass is 35.5. The van der Waals surface area contributed by atoms with Gasteiger partial charge in [0.25, 0.3) is 5.91 Å². The SMILES string of the molecule is O=C1c2ccccc2CCCN1Cc1c(Cl)cccc1Cl. The van der Waals surface area contributed by atoms with Crippen LogP contribution in [0, 0.1) is 0 Å². The van der Waals surface area contributed by atoms with Crippen molar-refractivity contribution in [2.24, 2.45) is 0 Å². The molecule has 0 aliphatic carbocycles. The van der Waals surface area contributed by atoms with Crippen molar-refractivity contribution in [3.05, 3.63) is 69.2 Å². The molecule has 2 nitrogen and oxygen atoms in total. The van der Waals surface area contributed by atoms with Crippen LogP contribution in [0.4, 0.5) is 0 Å². The summed E-state index contributed by atoms with van der Waals surface area (Å²) < 4.78 is 0. The molecule has 0 saturated carbocycles. The number of fused-ring (bicyclic) bond motifs is 1. The average Bonchev–Trinajstić information content (AvgIpc) is 2.63. The first-order chi connectivity index (χ1) is 10.2. The van der Waals surface area contributed by atoms with Crippen LogP contribution in [0.15, 0.2) is 42.5 Å². The Labute approximate surface area is 134 Å². The van der Waals surface area contributed by atoms with Gasteiger partial charge in [0.1, 0.15) is 0 Å². The largest absolute Gasteiger partial charge is 0.334 e. The zero-order valence-electron chi connectivity index (χ0n) is 11.5. The van der Waals surface area contributed by atoms with E-state index < -0.39 is 0 Å². The van der Waals surface area contributed by atoms with E-state index in [-0.39, 0.29) is 5.91 Å². The third-order valence-corrected chi connectivity index (χ3v) is 4.53. The molecule has 0 saturated heterocycles. The number of aryl methyl sites for hydroxylation is 1. The number of amides is 1. The minimum atomic E-state index is 0.0547. The highest BCUT2D eigenvalue weighted by Crippen LogP contribution is 2.27. The lowest BCUT2D eigenvalue weighted by Gasteiger charge is -2.22. The Balaban J connectivity index is 1.92. The normalized spacial score (nSPS) is 14.8. The summed E-state index contributed by atoms with van der Waals surface area (Å²) in [4.78, 5) is 14.5. The lowest BCUT2D eigenvalue weighted by Crippen LogP contribution is -2.30. The molecule has 0 radical (unpaired) electrons. The van der Waals surface area contributed by atoms with Crippen LogP contribution < -0.4 is 0 Å². The van der Waals surface area contributed by atoms with Crippen LogP contribution in [-0.2, 0) is 13.0 Å². The molecule has 3 rings (SSSR count). The Kier molecular flexibility index (Phi) is 4.18. The Morgan fingerprint density at radius 2 is 1.71 bits per heavy atom. The standard InChI is InChI=1S/C17H15Cl2NO/c18-15-8-3-9-16(19)14(15)11-20-10-4-6-12-5-1-2-7-13(12)17(20)21/h1-3,5,7-9H,4,6,10-11H2. The van der Waals surface area contributed by atoms with Gasteiger partial charge in [0.2, 0.25) is 0 Å². The lowest BCUT2D eigenvalue weighted by atomic mass is 10.0. The smallest absolute Gasteiger partial charge is 0.254 e. The van der Waals surface area contributed by atoms with E-state index in [0.717, 1.165) is 36.1 Å². The number of carbonyl (C=O) groups is 1. The monoisotopic (exact) mass is 319 g/mol. The summed E-state index contributed by atoms with van der Waals surface area (Å²) in [6, 6.07) is 13.2. The molecule has 0 N–H and O–H groups in total. The second kappa shape index (κ2) is 6.08. The van der Waals surface area contributed by atoms with Crippen molar-refractivity contribution in [2.45, 2.75) is 19.4 Å². The third-order valence-electron chi connectivity index (χ3n) is 3.82. The molecule has 0 unspecified atom stereocenters.